The van der Waals surface area contributed by atoms with Crippen molar-refractivity contribution in [2.24, 2.45) is 5.92 Å². The third-order valence-electron chi connectivity index (χ3n) is 5.21. The van der Waals surface area contributed by atoms with Crippen LogP contribution in [0.5, 0.6) is 0 Å². The number of rotatable bonds is 5. The molecule has 6 nitrogen and oxygen atoms in total. The number of imidazole rings is 1. The fourth-order valence-electron chi connectivity index (χ4n) is 3.57. The topological polar surface area (TPSA) is 60.5 Å². The van der Waals surface area contributed by atoms with Gasteiger partial charge in [0.05, 0.1) is 31.2 Å². The van der Waals surface area contributed by atoms with E-state index in [1.54, 1.807) is 0 Å². The molecule has 6 heteroatoms. The summed E-state index contributed by atoms with van der Waals surface area (Å²) in [6.45, 7) is 2.56. The highest BCUT2D eigenvalue weighted by Crippen LogP contribution is 2.30. The molecule has 1 aromatic carbocycles. The zero-order valence-corrected chi connectivity index (χ0v) is 14.5. The second kappa shape index (κ2) is 6.29. The highest BCUT2D eigenvalue weighted by molar-refractivity contribution is 5.96. The van der Waals surface area contributed by atoms with Gasteiger partial charge in [0.25, 0.3) is 5.91 Å². The van der Waals surface area contributed by atoms with Gasteiger partial charge >= 0.3 is 0 Å². The number of benzene rings is 1. The van der Waals surface area contributed by atoms with E-state index in [0.717, 1.165) is 29.2 Å². The van der Waals surface area contributed by atoms with Crippen molar-refractivity contribution in [3.8, 4) is 0 Å². The van der Waals surface area contributed by atoms with Crippen molar-refractivity contribution in [3.05, 3.63) is 54.3 Å². The van der Waals surface area contributed by atoms with Crippen LogP contribution in [-0.4, -0.2) is 40.1 Å². The summed E-state index contributed by atoms with van der Waals surface area (Å²) in [5.41, 5.74) is 1.77. The first-order valence-corrected chi connectivity index (χ1v) is 9.14. The smallest absolute Gasteiger partial charge is 0.290 e. The Morgan fingerprint density at radius 2 is 2.15 bits per heavy atom. The molecule has 0 bridgehead atoms. The van der Waals surface area contributed by atoms with Crippen LogP contribution in [-0.2, 0) is 11.3 Å². The fraction of sp³-hybridized carbons (Fsp3) is 0.400. The van der Waals surface area contributed by atoms with Gasteiger partial charge in [-0.1, -0.05) is 18.2 Å². The van der Waals surface area contributed by atoms with Crippen LogP contribution in [0.2, 0.25) is 0 Å². The normalized spacial score (nSPS) is 19.7. The lowest BCUT2D eigenvalue weighted by molar-refractivity contribution is 0.0479. The number of hydrogen-bond donors (Lipinski definition) is 0. The predicted octanol–water partition coefficient (Wildman–Crippen LogP) is 3.25. The summed E-state index contributed by atoms with van der Waals surface area (Å²) in [6, 6.07) is 9.60. The number of carbonyl (C=O) groups excluding carboxylic acids is 1. The number of nitrogens with zero attached hydrogens (tertiary/aromatic N) is 3. The largest absolute Gasteiger partial charge is 0.451 e. The summed E-state index contributed by atoms with van der Waals surface area (Å²) in [5, 5.41) is 0.946. The lowest BCUT2D eigenvalue weighted by Crippen LogP contribution is -2.42. The van der Waals surface area contributed by atoms with Crippen molar-refractivity contribution in [2.45, 2.75) is 25.4 Å². The molecule has 0 spiro atoms. The molecule has 3 aromatic rings. The summed E-state index contributed by atoms with van der Waals surface area (Å²) < 4.78 is 13.8. The second-order valence-corrected chi connectivity index (χ2v) is 7.26. The fourth-order valence-corrected chi connectivity index (χ4v) is 3.57. The highest BCUT2D eigenvalue weighted by Gasteiger charge is 2.31. The van der Waals surface area contributed by atoms with Gasteiger partial charge in [-0.05, 0) is 30.9 Å². The Bertz CT molecular complexity index is 908. The van der Waals surface area contributed by atoms with E-state index >= 15 is 0 Å². The third kappa shape index (κ3) is 2.90. The predicted molar refractivity (Wildman–Crippen MR) is 95.8 cm³/mol. The monoisotopic (exact) mass is 351 g/mol. The summed E-state index contributed by atoms with van der Waals surface area (Å²) in [5.74, 6) is 1.03. The Labute approximate surface area is 151 Å². The average Bonchev–Trinajstić information content (AvgIpc) is 3.19. The van der Waals surface area contributed by atoms with Gasteiger partial charge in [-0.15, -0.1) is 0 Å². The molecule has 1 fully saturated rings. The van der Waals surface area contributed by atoms with Crippen LogP contribution >= 0.6 is 0 Å². The molecule has 1 atom stereocenters. The minimum absolute atomic E-state index is 0.0826. The molecule has 26 heavy (non-hydrogen) atoms. The molecule has 2 aliphatic rings. The molecule has 3 heterocycles. The maximum Gasteiger partial charge on any atom is 0.290 e. The van der Waals surface area contributed by atoms with E-state index in [9.17, 15) is 4.79 Å². The Morgan fingerprint density at radius 1 is 1.27 bits per heavy atom. The molecule has 1 aliphatic carbocycles. The van der Waals surface area contributed by atoms with E-state index in [2.05, 4.69) is 9.55 Å². The van der Waals surface area contributed by atoms with Crippen LogP contribution in [0, 0.1) is 5.92 Å². The van der Waals surface area contributed by atoms with Gasteiger partial charge in [0.1, 0.15) is 5.58 Å². The van der Waals surface area contributed by atoms with Crippen LogP contribution in [0.15, 0.2) is 47.3 Å². The van der Waals surface area contributed by atoms with Gasteiger partial charge in [-0.25, -0.2) is 4.98 Å². The number of ether oxygens (including phenoxy) is 1. The highest BCUT2D eigenvalue weighted by atomic mass is 16.5. The van der Waals surface area contributed by atoms with Crippen LogP contribution < -0.4 is 0 Å². The number of para-hydroxylation sites is 1. The number of aromatic nitrogens is 2. The lowest BCUT2D eigenvalue weighted by Gasteiger charge is -2.34. The van der Waals surface area contributed by atoms with Crippen molar-refractivity contribution < 1.29 is 13.9 Å². The summed E-state index contributed by atoms with van der Waals surface area (Å²) in [4.78, 5) is 19.1. The Balaban J connectivity index is 1.35. The average molecular weight is 351 g/mol. The Morgan fingerprint density at radius 3 is 3.00 bits per heavy atom. The third-order valence-corrected chi connectivity index (χ3v) is 5.21. The maximum atomic E-state index is 13.0. The van der Waals surface area contributed by atoms with E-state index in [-0.39, 0.29) is 11.9 Å². The molecule has 1 amide bonds. The summed E-state index contributed by atoms with van der Waals surface area (Å²) >= 11 is 0. The number of amides is 1. The zero-order valence-electron chi connectivity index (χ0n) is 14.5. The standard InChI is InChI=1S/C20H21N3O3/c24-20(19-7-15-3-1-2-4-18(15)26-19)22-9-16-8-21-13-23(16)17(10-22)12-25-11-14-5-6-14/h1-4,7-8,13-14,17H,5-6,9-12H2. The molecule has 5 rings (SSSR count). The minimum atomic E-state index is -0.0826. The van der Waals surface area contributed by atoms with Gasteiger partial charge in [0.2, 0.25) is 0 Å². The first-order valence-electron chi connectivity index (χ1n) is 9.14. The van der Waals surface area contributed by atoms with Gasteiger partial charge < -0.3 is 18.6 Å². The van der Waals surface area contributed by atoms with Crippen LogP contribution in [0.3, 0.4) is 0 Å². The van der Waals surface area contributed by atoms with Crippen LogP contribution in [0.1, 0.15) is 35.1 Å². The molecule has 1 saturated carbocycles. The van der Waals surface area contributed by atoms with Gasteiger partial charge in [-0.3, -0.25) is 4.79 Å². The molecule has 1 unspecified atom stereocenters. The van der Waals surface area contributed by atoms with E-state index in [4.69, 9.17) is 9.15 Å². The number of carbonyl (C=O) groups is 1. The number of furan rings is 1. The van der Waals surface area contributed by atoms with Crippen molar-refractivity contribution in [1.29, 1.82) is 0 Å². The molecule has 0 saturated heterocycles. The van der Waals surface area contributed by atoms with Crippen molar-refractivity contribution in [1.82, 2.24) is 14.5 Å². The van der Waals surface area contributed by atoms with Crippen molar-refractivity contribution in [3.63, 3.8) is 0 Å². The minimum Gasteiger partial charge on any atom is -0.451 e. The van der Waals surface area contributed by atoms with Gasteiger partial charge in [-0.2, -0.15) is 0 Å². The quantitative estimate of drug-likeness (QED) is 0.708. The van der Waals surface area contributed by atoms with E-state index < -0.39 is 0 Å². The molecule has 0 radical (unpaired) electrons. The summed E-state index contributed by atoms with van der Waals surface area (Å²) in [6.07, 6.45) is 6.21. The zero-order chi connectivity index (χ0) is 17.5. The van der Waals surface area contributed by atoms with Crippen molar-refractivity contribution >= 4 is 16.9 Å². The lowest BCUT2D eigenvalue weighted by atomic mass is 10.2. The van der Waals surface area contributed by atoms with E-state index in [1.165, 1.54) is 12.8 Å². The molecule has 2 aromatic heterocycles. The molecule has 0 N–H and O–H groups in total. The van der Waals surface area contributed by atoms with Crippen LogP contribution in [0.25, 0.3) is 11.0 Å². The SMILES string of the molecule is O=C(c1cc2ccccc2o1)N1Cc2cncn2C(COCC2CC2)C1. The molecular weight excluding hydrogens is 330 g/mol. The number of hydrogen-bond acceptors (Lipinski definition) is 4. The summed E-state index contributed by atoms with van der Waals surface area (Å²) in [7, 11) is 0. The van der Waals surface area contributed by atoms with Gasteiger partial charge in [0, 0.05) is 24.7 Å². The number of fused-ring (bicyclic) bond motifs is 2. The van der Waals surface area contributed by atoms with Crippen molar-refractivity contribution in [2.75, 3.05) is 19.8 Å². The first-order chi connectivity index (χ1) is 12.8. The second-order valence-electron chi connectivity index (χ2n) is 7.26. The Kier molecular flexibility index (Phi) is 3.78. The van der Waals surface area contributed by atoms with E-state index in [1.807, 2.05) is 47.8 Å². The van der Waals surface area contributed by atoms with E-state index in [0.29, 0.717) is 25.5 Å². The van der Waals surface area contributed by atoms with Crippen LogP contribution in [0.4, 0.5) is 0 Å². The Hall–Kier alpha value is -2.60. The molecule has 1 aliphatic heterocycles. The molecule has 134 valence electrons. The maximum absolute atomic E-state index is 13.0. The van der Waals surface area contributed by atoms with Gasteiger partial charge in [0.15, 0.2) is 5.76 Å². The molecular formula is C20H21N3O3. The first kappa shape index (κ1) is 15.6.